The number of nitrogens with zero attached hydrogens (tertiary/aromatic N) is 1. The summed E-state index contributed by atoms with van der Waals surface area (Å²) in [6.07, 6.45) is 4.00. The highest BCUT2D eigenvalue weighted by atomic mass is 32.1. The van der Waals surface area contributed by atoms with E-state index in [-0.39, 0.29) is 29.5 Å². The number of aromatic nitrogens is 1. The van der Waals surface area contributed by atoms with Crippen molar-refractivity contribution in [2.24, 2.45) is 5.92 Å². The van der Waals surface area contributed by atoms with Crippen LogP contribution in [0.2, 0.25) is 0 Å². The van der Waals surface area contributed by atoms with E-state index in [1.807, 2.05) is 37.3 Å². The van der Waals surface area contributed by atoms with E-state index in [4.69, 9.17) is 0 Å². The molecule has 2 bridgehead atoms. The fraction of sp³-hybridized carbons (Fsp3) is 0.536. The molecule has 39 heavy (non-hydrogen) atoms. The van der Waals surface area contributed by atoms with Crippen LogP contribution in [-0.4, -0.2) is 60.3 Å². The molecule has 4 amide bonds. The molecule has 1 aromatic heterocycles. The summed E-state index contributed by atoms with van der Waals surface area (Å²) >= 11 is 1.33. The molecular formula is C28H38N6O4S. The third kappa shape index (κ3) is 8.09. The second-order valence-electron chi connectivity index (χ2n) is 10.1. The Morgan fingerprint density at radius 1 is 0.974 bits per heavy atom. The summed E-state index contributed by atoms with van der Waals surface area (Å²) in [5.41, 5.74) is 1.33. The smallest absolute Gasteiger partial charge is 0.270 e. The van der Waals surface area contributed by atoms with Gasteiger partial charge in [-0.25, -0.2) is 4.98 Å². The van der Waals surface area contributed by atoms with Gasteiger partial charge in [-0.3, -0.25) is 19.2 Å². The lowest BCUT2D eigenvalue weighted by atomic mass is 9.96. The van der Waals surface area contributed by atoms with Crippen LogP contribution in [0.5, 0.6) is 0 Å². The number of piperidine rings is 1. The van der Waals surface area contributed by atoms with Crippen molar-refractivity contribution >= 4 is 35.0 Å². The third-order valence-electron chi connectivity index (χ3n) is 7.24. The van der Waals surface area contributed by atoms with Crippen molar-refractivity contribution in [2.75, 3.05) is 19.6 Å². The Bertz CT molecular complexity index is 1130. The maximum atomic E-state index is 13.4. The van der Waals surface area contributed by atoms with Crippen molar-refractivity contribution in [1.82, 2.24) is 31.6 Å². The van der Waals surface area contributed by atoms with E-state index in [0.29, 0.717) is 49.4 Å². The maximum absolute atomic E-state index is 13.4. The molecule has 0 radical (unpaired) electrons. The molecule has 0 saturated carbocycles. The fourth-order valence-electron chi connectivity index (χ4n) is 4.91. The fourth-order valence-corrected chi connectivity index (χ4v) is 5.76. The van der Waals surface area contributed by atoms with Crippen LogP contribution in [0.15, 0.2) is 35.7 Å². The van der Waals surface area contributed by atoms with Gasteiger partial charge >= 0.3 is 0 Å². The molecule has 0 unspecified atom stereocenters. The van der Waals surface area contributed by atoms with Crippen molar-refractivity contribution in [3.05, 3.63) is 52.0 Å². The van der Waals surface area contributed by atoms with Crippen LogP contribution >= 0.6 is 11.3 Å². The van der Waals surface area contributed by atoms with Crippen molar-refractivity contribution in [3.63, 3.8) is 0 Å². The van der Waals surface area contributed by atoms with Crippen LogP contribution in [0.3, 0.4) is 0 Å². The van der Waals surface area contributed by atoms with Gasteiger partial charge in [0.1, 0.15) is 22.8 Å². The number of carbonyl (C=O) groups excluding carboxylic acids is 4. The predicted molar refractivity (Wildman–Crippen MR) is 149 cm³/mol. The van der Waals surface area contributed by atoms with Crippen LogP contribution in [0.25, 0.3) is 0 Å². The van der Waals surface area contributed by atoms with E-state index in [0.717, 1.165) is 31.5 Å². The number of hydrogen-bond donors (Lipinski definition) is 5. The normalized spacial score (nSPS) is 23.8. The van der Waals surface area contributed by atoms with Crippen LogP contribution in [0.1, 0.15) is 72.6 Å². The molecule has 11 heteroatoms. The van der Waals surface area contributed by atoms with Gasteiger partial charge in [-0.15, -0.1) is 11.3 Å². The zero-order valence-electron chi connectivity index (χ0n) is 22.3. The van der Waals surface area contributed by atoms with Gasteiger partial charge in [-0.05, 0) is 63.6 Å². The summed E-state index contributed by atoms with van der Waals surface area (Å²) in [7, 11) is 0. The average molecular weight is 555 g/mol. The first kappa shape index (κ1) is 28.7. The van der Waals surface area contributed by atoms with Gasteiger partial charge in [0, 0.05) is 17.8 Å². The Morgan fingerprint density at radius 3 is 2.46 bits per heavy atom. The van der Waals surface area contributed by atoms with E-state index >= 15 is 0 Å². The Balaban J connectivity index is 1.54. The molecule has 3 atom stereocenters. The average Bonchev–Trinajstić information content (AvgIpc) is 3.45. The standard InChI is InChI=1S/C28H38N6O4S/c1-2-20-26(37)33-22(16-18-8-4-3-5-9-18)28-34-23(17-39-28)25(36)30-13-7-6-10-21(27(38)31-20)32-24(35)19-11-14-29-15-12-19/h3-5,8-9,17,19-22,29H,2,6-7,10-16H2,1H3,(H,30,36)(H,31,38)(H,32,35)(H,33,37)/t20-,21+,22+/m1/s1. The lowest BCUT2D eigenvalue weighted by molar-refractivity contribution is -0.133. The van der Waals surface area contributed by atoms with Gasteiger partial charge in [0.05, 0.1) is 6.04 Å². The molecule has 3 heterocycles. The molecule has 1 fully saturated rings. The molecule has 0 aliphatic carbocycles. The second-order valence-corrected chi connectivity index (χ2v) is 11.0. The molecule has 210 valence electrons. The topological polar surface area (TPSA) is 141 Å². The molecule has 0 spiro atoms. The predicted octanol–water partition coefficient (Wildman–Crippen LogP) is 1.84. The van der Waals surface area contributed by atoms with Gasteiger partial charge in [0.2, 0.25) is 17.7 Å². The number of fused-ring (bicyclic) bond motifs is 2. The summed E-state index contributed by atoms with van der Waals surface area (Å²) in [4.78, 5) is 57.0. The molecule has 2 aromatic rings. The minimum absolute atomic E-state index is 0.127. The Morgan fingerprint density at radius 2 is 1.72 bits per heavy atom. The van der Waals surface area contributed by atoms with Crippen LogP contribution < -0.4 is 26.6 Å². The molecule has 2 aliphatic heterocycles. The first-order valence-electron chi connectivity index (χ1n) is 13.8. The van der Waals surface area contributed by atoms with Crippen LogP contribution in [-0.2, 0) is 20.8 Å². The van der Waals surface area contributed by atoms with Crippen LogP contribution in [0.4, 0.5) is 0 Å². The molecular weight excluding hydrogens is 516 g/mol. The van der Waals surface area contributed by atoms with Gasteiger partial charge in [-0.1, -0.05) is 37.3 Å². The zero-order chi connectivity index (χ0) is 27.6. The second kappa shape index (κ2) is 14.2. The molecule has 1 saturated heterocycles. The van der Waals surface area contributed by atoms with Gasteiger partial charge in [-0.2, -0.15) is 0 Å². The number of carbonyl (C=O) groups is 4. The number of hydrogen-bond acceptors (Lipinski definition) is 7. The van der Waals surface area contributed by atoms with Gasteiger partial charge in [0.15, 0.2) is 0 Å². The molecule has 5 N–H and O–H groups in total. The largest absolute Gasteiger partial charge is 0.351 e. The number of thiazole rings is 1. The van der Waals surface area contributed by atoms with Gasteiger partial charge < -0.3 is 26.6 Å². The Kier molecular flexibility index (Phi) is 10.4. The number of rotatable bonds is 5. The van der Waals surface area contributed by atoms with Crippen molar-refractivity contribution < 1.29 is 19.2 Å². The summed E-state index contributed by atoms with van der Waals surface area (Å²) < 4.78 is 0. The lowest BCUT2D eigenvalue weighted by Crippen LogP contribution is -2.55. The van der Waals surface area contributed by atoms with E-state index in [2.05, 4.69) is 31.6 Å². The van der Waals surface area contributed by atoms with Gasteiger partial charge in [0.25, 0.3) is 5.91 Å². The van der Waals surface area contributed by atoms with Crippen LogP contribution in [0, 0.1) is 5.92 Å². The SMILES string of the molecule is CC[C@H]1NC(=O)[C@@H](NC(=O)C2CCNCC2)CCCCNC(=O)c2csc(n2)[C@H](Cc2ccccc2)NC1=O. The number of amides is 4. The molecule has 1 aromatic carbocycles. The van der Waals surface area contributed by atoms with Crippen molar-refractivity contribution in [3.8, 4) is 0 Å². The lowest BCUT2D eigenvalue weighted by Gasteiger charge is -2.27. The molecule has 4 rings (SSSR count). The highest BCUT2D eigenvalue weighted by Gasteiger charge is 2.30. The van der Waals surface area contributed by atoms with E-state index in [1.54, 1.807) is 5.38 Å². The third-order valence-corrected chi connectivity index (χ3v) is 8.20. The Labute approximate surface area is 233 Å². The zero-order valence-corrected chi connectivity index (χ0v) is 23.1. The monoisotopic (exact) mass is 554 g/mol. The number of nitrogens with one attached hydrogen (secondary N) is 5. The van der Waals surface area contributed by atoms with E-state index < -0.39 is 18.1 Å². The Hall–Kier alpha value is -3.31. The quantitative estimate of drug-likeness (QED) is 0.382. The highest BCUT2D eigenvalue weighted by Crippen LogP contribution is 2.23. The summed E-state index contributed by atoms with van der Waals surface area (Å²) in [6.45, 7) is 3.82. The minimum Gasteiger partial charge on any atom is -0.351 e. The molecule has 2 aliphatic rings. The first-order valence-corrected chi connectivity index (χ1v) is 14.7. The highest BCUT2D eigenvalue weighted by molar-refractivity contribution is 7.09. The maximum Gasteiger partial charge on any atom is 0.270 e. The van der Waals surface area contributed by atoms with Crippen molar-refractivity contribution in [2.45, 2.75) is 70.0 Å². The summed E-state index contributed by atoms with van der Waals surface area (Å²) in [5.74, 6) is -1.23. The summed E-state index contributed by atoms with van der Waals surface area (Å²) in [5, 5.41) is 17.4. The summed E-state index contributed by atoms with van der Waals surface area (Å²) in [6, 6.07) is 7.74. The minimum atomic E-state index is -0.773. The van der Waals surface area contributed by atoms with E-state index in [1.165, 1.54) is 11.3 Å². The first-order chi connectivity index (χ1) is 18.9. The van der Waals surface area contributed by atoms with E-state index in [9.17, 15) is 19.2 Å². The van der Waals surface area contributed by atoms with Crippen molar-refractivity contribution in [1.29, 1.82) is 0 Å². The molecule has 10 nitrogen and oxygen atoms in total. The number of benzene rings is 1.